The van der Waals surface area contributed by atoms with E-state index < -0.39 is 0 Å². The lowest BCUT2D eigenvalue weighted by Crippen LogP contribution is -2.16. The van der Waals surface area contributed by atoms with Gasteiger partial charge in [-0.15, -0.1) is 0 Å². The Labute approximate surface area is 307 Å². The van der Waals surface area contributed by atoms with Gasteiger partial charge in [-0.3, -0.25) is 19.2 Å². The minimum absolute atomic E-state index is 0.0673. The molecule has 0 radical (unpaired) electrons. The highest BCUT2D eigenvalue weighted by Gasteiger charge is 2.15. The van der Waals surface area contributed by atoms with Gasteiger partial charge in [-0.05, 0) is 55.3 Å². The highest BCUT2D eigenvalue weighted by atomic mass is 32.2. The maximum absolute atomic E-state index is 12.9. The van der Waals surface area contributed by atoms with Gasteiger partial charge in [0.25, 0.3) is 11.1 Å². The molecule has 6 rings (SSSR count). The second-order valence-corrected chi connectivity index (χ2v) is 13.8. The summed E-state index contributed by atoms with van der Waals surface area (Å²) in [7, 11) is 0. The molecule has 6 aromatic rings. The molecule has 0 unspecified atom stereocenters. The molecule has 14 heteroatoms. The first kappa shape index (κ1) is 36.2. The molecule has 0 saturated heterocycles. The smallest absolute Gasteiger partial charge is 0.251 e. The van der Waals surface area contributed by atoms with E-state index in [1.165, 1.54) is 35.7 Å². The third kappa shape index (κ3) is 9.59. The maximum atomic E-state index is 12.9. The number of H-pyrrole nitrogens is 2. The number of amides is 2. The molecular formula is C38H36N8O4S2. The van der Waals surface area contributed by atoms with Crippen LogP contribution in [-0.4, -0.2) is 53.2 Å². The van der Waals surface area contributed by atoms with E-state index >= 15 is 0 Å². The number of benzene rings is 3. The van der Waals surface area contributed by atoms with E-state index in [1.54, 1.807) is 18.2 Å². The van der Waals surface area contributed by atoms with Crippen LogP contribution in [0.2, 0.25) is 0 Å². The first-order chi connectivity index (χ1) is 25.3. The Morgan fingerprint density at radius 2 is 1.19 bits per heavy atom. The van der Waals surface area contributed by atoms with Crippen LogP contribution in [0.4, 0.5) is 11.4 Å². The van der Waals surface area contributed by atoms with Gasteiger partial charge in [0.15, 0.2) is 16.1 Å². The predicted octanol–water partition coefficient (Wildman–Crippen LogP) is 6.50. The monoisotopic (exact) mass is 732 g/mol. The zero-order valence-electron chi connectivity index (χ0n) is 28.6. The fourth-order valence-corrected chi connectivity index (χ4v) is 6.78. The van der Waals surface area contributed by atoms with E-state index in [4.69, 9.17) is 9.97 Å². The Hall–Kier alpha value is -5.60. The number of aryl methyl sites for hydroxylation is 2. The maximum Gasteiger partial charge on any atom is 0.251 e. The van der Waals surface area contributed by atoms with Crippen molar-refractivity contribution in [3.8, 4) is 22.6 Å². The quantitative estimate of drug-likeness (QED) is 0.0715. The van der Waals surface area contributed by atoms with Crippen molar-refractivity contribution in [2.75, 3.05) is 22.1 Å². The molecule has 0 aliphatic heterocycles. The molecule has 264 valence electrons. The number of aromatic amines is 2. The first-order valence-electron chi connectivity index (χ1n) is 16.8. The number of carbonyl (C=O) groups excluding carboxylic acids is 2. The van der Waals surface area contributed by atoms with Crippen LogP contribution in [0.3, 0.4) is 0 Å². The number of nitrogens with one attached hydrogen (secondary N) is 4. The molecule has 0 aliphatic carbocycles. The fraction of sp³-hybridized carbons (Fsp3) is 0.211. The molecule has 0 aliphatic rings. The molecule has 2 amide bonds. The number of fused-ring (bicyclic) bond motifs is 1. The summed E-state index contributed by atoms with van der Waals surface area (Å²) in [6, 6.07) is 25.5. The average Bonchev–Trinajstić information content (AvgIpc) is 3.13. The van der Waals surface area contributed by atoms with Gasteiger partial charge in [-0.2, -0.15) is 0 Å². The van der Waals surface area contributed by atoms with Crippen molar-refractivity contribution in [3.05, 3.63) is 117 Å². The Balaban J connectivity index is 1.16. The molecule has 0 atom stereocenters. The summed E-state index contributed by atoms with van der Waals surface area (Å²) in [5.74, 6) is 0.175. The van der Waals surface area contributed by atoms with Crippen LogP contribution in [0.1, 0.15) is 38.1 Å². The second-order valence-electron chi connectivity index (χ2n) is 11.8. The zero-order chi connectivity index (χ0) is 36.5. The molecule has 0 fully saturated rings. The van der Waals surface area contributed by atoms with Crippen LogP contribution in [0.25, 0.3) is 33.5 Å². The summed E-state index contributed by atoms with van der Waals surface area (Å²) in [4.78, 5) is 73.6. The van der Waals surface area contributed by atoms with Gasteiger partial charge in [0.05, 0.1) is 22.7 Å². The summed E-state index contributed by atoms with van der Waals surface area (Å²) in [5, 5.41) is 7.41. The second kappa shape index (κ2) is 17.1. The Morgan fingerprint density at radius 3 is 1.77 bits per heavy atom. The van der Waals surface area contributed by atoms with Crippen LogP contribution in [0, 0.1) is 0 Å². The molecular weight excluding hydrogens is 697 g/mol. The first-order valence-corrected chi connectivity index (χ1v) is 18.8. The number of nitrogens with zero attached hydrogens (tertiary/aromatic N) is 4. The van der Waals surface area contributed by atoms with E-state index in [-0.39, 0.29) is 34.4 Å². The van der Waals surface area contributed by atoms with Crippen LogP contribution >= 0.6 is 23.5 Å². The zero-order valence-corrected chi connectivity index (χ0v) is 30.2. The molecule has 3 aromatic carbocycles. The van der Waals surface area contributed by atoms with E-state index in [0.717, 1.165) is 29.4 Å². The standard InChI is InChI=1S/C38H36N8O4S2/c1-3-8-26-19-31(47)44-37(41-26)51-21-33(49)39-25-14-12-24(13-15-25)36-43-30-17-16-28(18-29(30)35(46-36)23-10-6-5-7-11-23)40-34(50)22-52-38-42-27(9-4-2)20-32(48)45-38/h5-7,10-20H,3-4,8-9,21-22H2,1-2H3,(H,39,49)(H,40,50)(H,41,44,47)(H,42,45,48). The number of aromatic nitrogens is 6. The summed E-state index contributed by atoms with van der Waals surface area (Å²) < 4.78 is 0. The van der Waals surface area contributed by atoms with Gasteiger partial charge in [0.1, 0.15) is 0 Å². The molecule has 0 saturated carbocycles. The molecule has 0 bridgehead atoms. The van der Waals surface area contributed by atoms with E-state index in [1.807, 2.05) is 68.4 Å². The number of hydrogen-bond acceptors (Lipinski definition) is 10. The van der Waals surface area contributed by atoms with Crippen LogP contribution in [0.5, 0.6) is 0 Å². The third-order valence-corrected chi connectivity index (χ3v) is 9.44. The van der Waals surface area contributed by atoms with E-state index in [9.17, 15) is 19.2 Å². The van der Waals surface area contributed by atoms with Crippen LogP contribution < -0.4 is 21.8 Å². The lowest BCUT2D eigenvalue weighted by Gasteiger charge is -2.12. The lowest BCUT2D eigenvalue weighted by atomic mass is 10.0. The van der Waals surface area contributed by atoms with E-state index in [0.29, 0.717) is 63.0 Å². The Bertz CT molecular complexity index is 2330. The largest absolute Gasteiger partial charge is 0.325 e. The summed E-state index contributed by atoms with van der Waals surface area (Å²) >= 11 is 2.34. The number of anilines is 2. The normalized spacial score (nSPS) is 11.0. The SMILES string of the molecule is CCCc1cc(=O)[nH]c(SCC(=O)Nc2ccc(-c3nc(-c4ccccc4)c4cc(NC(=O)CSc5nc(CCC)cc(=O)[nH]5)ccc4n3)cc2)n1. The third-order valence-electron chi connectivity index (χ3n) is 7.69. The highest BCUT2D eigenvalue weighted by molar-refractivity contribution is 8.00. The Morgan fingerprint density at radius 1 is 0.635 bits per heavy atom. The van der Waals surface area contributed by atoms with Crippen LogP contribution in [0.15, 0.2) is 105 Å². The number of thioether (sulfide) groups is 2. The van der Waals surface area contributed by atoms with Crippen molar-refractivity contribution >= 4 is 57.6 Å². The summed E-state index contributed by atoms with van der Waals surface area (Å²) in [6.45, 7) is 4.03. The van der Waals surface area contributed by atoms with Gasteiger partial charge >= 0.3 is 0 Å². The number of carbonyl (C=O) groups is 2. The predicted molar refractivity (Wildman–Crippen MR) is 207 cm³/mol. The Kier molecular flexibility index (Phi) is 11.9. The van der Waals surface area contributed by atoms with Gasteiger partial charge in [0.2, 0.25) is 11.8 Å². The average molecular weight is 733 g/mol. The minimum Gasteiger partial charge on any atom is -0.325 e. The van der Waals surface area contributed by atoms with Crippen molar-refractivity contribution in [1.82, 2.24) is 29.9 Å². The molecule has 4 N–H and O–H groups in total. The lowest BCUT2D eigenvalue weighted by molar-refractivity contribution is -0.114. The number of hydrogen-bond donors (Lipinski definition) is 4. The highest BCUT2D eigenvalue weighted by Crippen LogP contribution is 2.31. The van der Waals surface area contributed by atoms with Gasteiger partial charge in [0, 0.05) is 51.4 Å². The molecule has 12 nitrogen and oxygen atoms in total. The van der Waals surface area contributed by atoms with Gasteiger partial charge in [-0.25, -0.2) is 19.9 Å². The van der Waals surface area contributed by atoms with Crippen molar-refractivity contribution in [1.29, 1.82) is 0 Å². The summed E-state index contributed by atoms with van der Waals surface area (Å²) in [5.41, 5.74) is 5.15. The molecule has 3 heterocycles. The molecule has 52 heavy (non-hydrogen) atoms. The van der Waals surface area contributed by atoms with Gasteiger partial charge in [-0.1, -0.05) is 80.5 Å². The van der Waals surface area contributed by atoms with Gasteiger partial charge < -0.3 is 20.6 Å². The topological polar surface area (TPSA) is 175 Å². The van der Waals surface area contributed by atoms with Crippen LogP contribution in [-0.2, 0) is 22.4 Å². The van der Waals surface area contributed by atoms with E-state index in [2.05, 4.69) is 30.6 Å². The molecule has 0 spiro atoms. The number of rotatable bonds is 14. The van der Waals surface area contributed by atoms with Crippen molar-refractivity contribution in [2.24, 2.45) is 0 Å². The fourth-order valence-electron chi connectivity index (χ4n) is 5.39. The van der Waals surface area contributed by atoms with Crippen molar-refractivity contribution in [2.45, 2.75) is 49.8 Å². The minimum atomic E-state index is -0.245. The van der Waals surface area contributed by atoms with Crippen molar-refractivity contribution < 1.29 is 9.59 Å². The molecule has 3 aromatic heterocycles. The summed E-state index contributed by atoms with van der Waals surface area (Å²) in [6.07, 6.45) is 3.12. The van der Waals surface area contributed by atoms with Crippen molar-refractivity contribution in [3.63, 3.8) is 0 Å².